The molecule has 1 N–H and O–H groups in total. The highest BCUT2D eigenvalue weighted by atomic mass is 16.5. The number of ether oxygens (including phenoxy) is 1. The summed E-state index contributed by atoms with van der Waals surface area (Å²) in [6.07, 6.45) is 3.35. The van der Waals surface area contributed by atoms with Crippen molar-refractivity contribution in [3.63, 3.8) is 0 Å². The molecule has 7 nitrogen and oxygen atoms in total. The number of aromatic nitrogens is 3. The topological polar surface area (TPSA) is 67.6 Å². The summed E-state index contributed by atoms with van der Waals surface area (Å²) in [5, 5.41) is 7.66. The zero-order chi connectivity index (χ0) is 22.3. The maximum atomic E-state index is 6.13. The number of morpholine rings is 1. The maximum Gasteiger partial charge on any atom is 0.194 e. The zero-order valence-electron chi connectivity index (χ0n) is 19.2. The second-order valence-electron chi connectivity index (χ2n) is 8.25. The van der Waals surface area contributed by atoms with Gasteiger partial charge >= 0.3 is 0 Å². The number of nitrogens with zero attached hydrogens (tertiary/aromatic N) is 5. The summed E-state index contributed by atoms with van der Waals surface area (Å²) in [5.74, 6) is 0.937. The fourth-order valence-electron chi connectivity index (χ4n) is 4.14. The molecule has 1 saturated heterocycles. The Kier molecular flexibility index (Phi) is 7.17. The second kappa shape index (κ2) is 10.4. The first-order valence-corrected chi connectivity index (χ1v) is 11.2. The largest absolute Gasteiger partial charge is 0.370 e. The quantitative estimate of drug-likeness (QED) is 0.477. The van der Waals surface area contributed by atoms with Crippen molar-refractivity contribution in [2.45, 2.75) is 40.0 Å². The monoisotopic (exact) mass is 432 g/mol. The van der Waals surface area contributed by atoms with Crippen molar-refractivity contribution in [2.24, 2.45) is 4.99 Å². The Morgan fingerprint density at radius 1 is 1.19 bits per heavy atom. The van der Waals surface area contributed by atoms with Gasteiger partial charge in [0.1, 0.15) is 18.8 Å². The first-order chi connectivity index (χ1) is 15.6. The predicted octanol–water partition coefficient (Wildman–Crippen LogP) is 3.48. The van der Waals surface area contributed by atoms with Gasteiger partial charge in [0.2, 0.25) is 0 Å². The lowest BCUT2D eigenvalue weighted by Gasteiger charge is -2.36. The van der Waals surface area contributed by atoms with Crippen molar-refractivity contribution in [2.75, 3.05) is 26.2 Å². The van der Waals surface area contributed by atoms with Crippen molar-refractivity contribution in [1.29, 1.82) is 0 Å². The SMILES string of the molecule is CCNC(=NCc1cccc(Cn2cncn2)c1)N1CCOC(c2ccc(C)cc2C)C1. The molecule has 3 aromatic rings. The van der Waals surface area contributed by atoms with Crippen molar-refractivity contribution < 1.29 is 4.74 Å². The van der Waals surface area contributed by atoms with E-state index in [-0.39, 0.29) is 6.10 Å². The smallest absolute Gasteiger partial charge is 0.194 e. The Morgan fingerprint density at radius 3 is 2.84 bits per heavy atom. The molecule has 0 radical (unpaired) electrons. The van der Waals surface area contributed by atoms with Crippen LogP contribution in [0.5, 0.6) is 0 Å². The third kappa shape index (κ3) is 5.53. The van der Waals surface area contributed by atoms with E-state index in [9.17, 15) is 0 Å². The van der Waals surface area contributed by atoms with Crippen LogP contribution in [0, 0.1) is 13.8 Å². The number of nitrogens with one attached hydrogen (secondary N) is 1. The molecular weight excluding hydrogens is 400 g/mol. The fraction of sp³-hybridized carbons (Fsp3) is 0.400. The molecule has 0 aliphatic carbocycles. The molecule has 0 spiro atoms. The lowest BCUT2D eigenvalue weighted by molar-refractivity contribution is -0.00834. The van der Waals surface area contributed by atoms with Crippen LogP contribution >= 0.6 is 0 Å². The second-order valence-corrected chi connectivity index (χ2v) is 8.25. The highest BCUT2D eigenvalue weighted by molar-refractivity contribution is 5.80. The molecule has 0 saturated carbocycles. The molecule has 4 rings (SSSR count). The van der Waals surface area contributed by atoms with Gasteiger partial charge in [-0.05, 0) is 43.0 Å². The van der Waals surface area contributed by atoms with E-state index in [1.165, 1.54) is 27.8 Å². The van der Waals surface area contributed by atoms with Crippen LogP contribution in [-0.2, 0) is 17.8 Å². The average molecular weight is 433 g/mol. The van der Waals surface area contributed by atoms with Gasteiger partial charge in [-0.15, -0.1) is 0 Å². The van der Waals surface area contributed by atoms with Crippen molar-refractivity contribution in [1.82, 2.24) is 25.0 Å². The average Bonchev–Trinajstić information content (AvgIpc) is 3.30. The van der Waals surface area contributed by atoms with E-state index >= 15 is 0 Å². The first-order valence-electron chi connectivity index (χ1n) is 11.2. The summed E-state index contributed by atoms with van der Waals surface area (Å²) in [7, 11) is 0. The summed E-state index contributed by atoms with van der Waals surface area (Å²) in [6.45, 7) is 10.9. The van der Waals surface area contributed by atoms with E-state index in [0.29, 0.717) is 19.7 Å². The van der Waals surface area contributed by atoms with Gasteiger partial charge in [0.05, 0.1) is 26.2 Å². The molecule has 0 bridgehead atoms. The fourth-order valence-corrected chi connectivity index (χ4v) is 4.14. The molecule has 1 aliphatic heterocycles. The van der Waals surface area contributed by atoms with Gasteiger partial charge in [0.15, 0.2) is 5.96 Å². The first kappa shape index (κ1) is 22.0. The number of hydrogen-bond acceptors (Lipinski definition) is 4. The Bertz CT molecular complexity index is 1050. The van der Waals surface area contributed by atoms with E-state index in [2.05, 4.69) is 83.5 Å². The molecule has 0 amide bonds. The van der Waals surface area contributed by atoms with E-state index in [1.807, 2.05) is 4.68 Å². The molecule has 168 valence electrons. The Hall–Kier alpha value is -3.19. The summed E-state index contributed by atoms with van der Waals surface area (Å²) in [6, 6.07) is 15.1. The number of aliphatic imine (C=N–C) groups is 1. The summed E-state index contributed by atoms with van der Waals surface area (Å²) in [4.78, 5) is 11.3. The molecular formula is C25H32N6O. The van der Waals surface area contributed by atoms with Crippen LogP contribution in [0.2, 0.25) is 0 Å². The van der Waals surface area contributed by atoms with Crippen LogP contribution < -0.4 is 5.32 Å². The third-order valence-electron chi connectivity index (χ3n) is 5.69. The Balaban J connectivity index is 1.46. The third-order valence-corrected chi connectivity index (χ3v) is 5.69. The van der Waals surface area contributed by atoms with Crippen molar-refractivity contribution in [3.05, 3.63) is 82.9 Å². The highest BCUT2D eigenvalue weighted by Crippen LogP contribution is 2.26. The van der Waals surface area contributed by atoms with Crippen molar-refractivity contribution in [3.8, 4) is 0 Å². The van der Waals surface area contributed by atoms with E-state index in [1.54, 1.807) is 12.7 Å². The highest BCUT2D eigenvalue weighted by Gasteiger charge is 2.25. The van der Waals surface area contributed by atoms with Crippen LogP contribution in [-0.4, -0.2) is 51.9 Å². The lowest BCUT2D eigenvalue weighted by atomic mass is 10.00. The summed E-state index contributed by atoms with van der Waals surface area (Å²) >= 11 is 0. The normalized spacial score (nSPS) is 16.9. The molecule has 1 fully saturated rings. The molecule has 1 aliphatic rings. The van der Waals surface area contributed by atoms with Gasteiger partial charge in [-0.25, -0.2) is 14.7 Å². The molecule has 1 aromatic heterocycles. The van der Waals surface area contributed by atoms with Crippen LogP contribution in [0.3, 0.4) is 0 Å². The minimum atomic E-state index is 0.0548. The van der Waals surface area contributed by atoms with E-state index in [4.69, 9.17) is 9.73 Å². The number of rotatable bonds is 6. The Labute approximate surface area is 190 Å². The number of guanidine groups is 1. The minimum absolute atomic E-state index is 0.0548. The standard InChI is InChI=1S/C25H32N6O/c1-4-27-25(28-14-21-6-5-7-22(13-21)15-31-18-26-17-29-31)30-10-11-32-24(16-30)23-9-8-19(2)12-20(23)3/h5-9,12-13,17-18,24H,4,10-11,14-16H2,1-3H3,(H,27,28). The lowest BCUT2D eigenvalue weighted by Crippen LogP contribution is -2.48. The molecule has 2 aromatic carbocycles. The van der Waals surface area contributed by atoms with E-state index in [0.717, 1.165) is 25.6 Å². The molecule has 1 unspecified atom stereocenters. The molecule has 32 heavy (non-hydrogen) atoms. The van der Waals surface area contributed by atoms with Crippen molar-refractivity contribution >= 4 is 5.96 Å². The van der Waals surface area contributed by atoms with Crippen LogP contribution in [0.15, 0.2) is 60.1 Å². The number of benzene rings is 2. The zero-order valence-corrected chi connectivity index (χ0v) is 19.2. The van der Waals surface area contributed by atoms with Crippen LogP contribution in [0.1, 0.15) is 40.8 Å². The number of aryl methyl sites for hydroxylation is 2. The summed E-state index contributed by atoms with van der Waals surface area (Å²) in [5.41, 5.74) is 6.19. The Morgan fingerprint density at radius 2 is 2.06 bits per heavy atom. The molecule has 7 heteroatoms. The van der Waals surface area contributed by atoms with Gasteiger partial charge < -0.3 is 15.0 Å². The maximum absolute atomic E-state index is 6.13. The number of hydrogen-bond donors (Lipinski definition) is 1. The van der Waals surface area contributed by atoms with Crippen LogP contribution in [0.25, 0.3) is 0 Å². The molecule has 2 heterocycles. The van der Waals surface area contributed by atoms with Gasteiger partial charge in [-0.1, -0.05) is 48.0 Å². The van der Waals surface area contributed by atoms with Crippen LogP contribution in [0.4, 0.5) is 0 Å². The van der Waals surface area contributed by atoms with Gasteiger partial charge in [0.25, 0.3) is 0 Å². The van der Waals surface area contributed by atoms with Gasteiger partial charge in [0, 0.05) is 13.1 Å². The van der Waals surface area contributed by atoms with Gasteiger partial charge in [-0.3, -0.25) is 0 Å². The van der Waals surface area contributed by atoms with Gasteiger partial charge in [-0.2, -0.15) is 5.10 Å². The molecule has 1 atom stereocenters. The summed E-state index contributed by atoms with van der Waals surface area (Å²) < 4.78 is 7.96. The predicted molar refractivity (Wildman–Crippen MR) is 127 cm³/mol. The van der Waals surface area contributed by atoms with E-state index < -0.39 is 0 Å². The minimum Gasteiger partial charge on any atom is -0.370 e.